The molecule has 3 heteroatoms. The monoisotopic (exact) mass is 291 g/mol. The zero-order valence-electron chi connectivity index (χ0n) is 13.6. The summed E-state index contributed by atoms with van der Waals surface area (Å²) in [7, 11) is 0. The number of carbonyl (C=O) groups is 1. The van der Waals surface area contributed by atoms with Crippen LogP contribution in [0.2, 0.25) is 0 Å². The molecule has 1 aromatic carbocycles. The summed E-state index contributed by atoms with van der Waals surface area (Å²) in [5, 5.41) is 3.06. The molecule has 1 rings (SSSR count). The lowest BCUT2D eigenvalue weighted by Gasteiger charge is -2.20. The molecule has 0 aliphatic rings. The summed E-state index contributed by atoms with van der Waals surface area (Å²) in [6, 6.07) is 9.73. The minimum atomic E-state index is -0.412. The lowest BCUT2D eigenvalue weighted by atomic mass is 10.1. The third kappa shape index (κ3) is 7.16. The van der Waals surface area contributed by atoms with Crippen LogP contribution in [0.3, 0.4) is 0 Å². The van der Waals surface area contributed by atoms with E-state index in [1.807, 2.05) is 37.3 Å². The molecule has 0 aromatic heterocycles. The van der Waals surface area contributed by atoms with Crippen molar-refractivity contribution in [1.82, 2.24) is 5.32 Å². The summed E-state index contributed by atoms with van der Waals surface area (Å²) in [5.41, 5.74) is 0. The molecule has 0 saturated heterocycles. The fourth-order valence-electron chi connectivity index (χ4n) is 2.27. The maximum atomic E-state index is 12.2. The van der Waals surface area contributed by atoms with Crippen molar-refractivity contribution in [2.24, 2.45) is 0 Å². The molecule has 1 amide bonds. The normalized spacial score (nSPS) is 13.5. The van der Waals surface area contributed by atoms with Crippen LogP contribution < -0.4 is 10.1 Å². The molecule has 2 unspecified atom stereocenters. The van der Waals surface area contributed by atoms with Crippen LogP contribution in [0.25, 0.3) is 0 Å². The zero-order valence-corrected chi connectivity index (χ0v) is 13.6. The van der Waals surface area contributed by atoms with Crippen LogP contribution in [0.5, 0.6) is 5.75 Å². The Balaban J connectivity index is 2.37. The highest BCUT2D eigenvalue weighted by molar-refractivity contribution is 5.81. The Labute approximate surface area is 129 Å². The van der Waals surface area contributed by atoms with Crippen LogP contribution in [-0.2, 0) is 4.79 Å². The van der Waals surface area contributed by atoms with Crippen LogP contribution in [0, 0.1) is 0 Å². The Morgan fingerprint density at radius 3 is 2.48 bits per heavy atom. The number of carbonyl (C=O) groups excluding carboxylic acids is 1. The average molecular weight is 291 g/mol. The molecule has 21 heavy (non-hydrogen) atoms. The molecule has 3 nitrogen and oxygen atoms in total. The standard InChI is InChI=1S/C18H29NO2/c1-4-6-7-9-12-15(3)19-18(20)17(5-2)21-16-13-10-8-11-14-16/h8,10-11,13-15,17H,4-7,9,12H2,1-3H3,(H,19,20). The number of rotatable bonds is 10. The number of hydrogen-bond donors (Lipinski definition) is 1. The lowest BCUT2D eigenvalue weighted by Crippen LogP contribution is -2.42. The second kappa shape index (κ2) is 10.3. The first-order valence-corrected chi connectivity index (χ1v) is 8.19. The van der Waals surface area contributed by atoms with E-state index in [4.69, 9.17) is 4.74 Å². The Bertz CT molecular complexity index is 391. The molecule has 0 saturated carbocycles. The van der Waals surface area contributed by atoms with Crippen molar-refractivity contribution in [1.29, 1.82) is 0 Å². The number of amides is 1. The number of benzene rings is 1. The van der Waals surface area contributed by atoms with Gasteiger partial charge in [-0.2, -0.15) is 0 Å². The SMILES string of the molecule is CCCCCCC(C)NC(=O)C(CC)Oc1ccccc1. The second-order valence-corrected chi connectivity index (χ2v) is 5.59. The van der Waals surface area contributed by atoms with Crippen molar-refractivity contribution < 1.29 is 9.53 Å². The molecule has 0 bridgehead atoms. The number of hydrogen-bond acceptors (Lipinski definition) is 2. The number of para-hydroxylation sites is 1. The van der Waals surface area contributed by atoms with Gasteiger partial charge in [-0.3, -0.25) is 4.79 Å². The summed E-state index contributed by atoms with van der Waals surface area (Å²) in [6.45, 7) is 6.25. The van der Waals surface area contributed by atoms with Gasteiger partial charge in [-0.05, 0) is 31.9 Å². The van der Waals surface area contributed by atoms with E-state index in [1.165, 1.54) is 25.7 Å². The van der Waals surface area contributed by atoms with E-state index in [2.05, 4.69) is 19.2 Å². The predicted molar refractivity (Wildman–Crippen MR) is 87.5 cm³/mol. The highest BCUT2D eigenvalue weighted by atomic mass is 16.5. The van der Waals surface area contributed by atoms with Gasteiger partial charge in [-0.15, -0.1) is 0 Å². The van der Waals surface area contributed by atoms with Crippen molar-refractivity contribution in [3.05, 3.63) is 30.3 Å². The van der Waals surface area contributed by atoms with Gasteiger partial charge in [0.1, 0.15) is 5.75 Å². The van der Waals surface area contributed by atoms with Gasteiger partial charge < -0.3 is 10.1 Å². The van der Waals surface area contributed by atoms with E-state index < -0.39 is 6.10 Å². The largest absolute Gasteiger partial charge is 0.481 e. The molecule has 1 aromatic rings. The van der Waals surface area contributed by atoms with Crippen molar-refractivity contribution in [3.8, 4) is 5.75 Å². The zero-order chi connectivity index (χ0) is 15.5. The van der Waals surface area contributed by atoms with Gasteiger partial charge >= 0.3 is 0 Å². The Morgan fingerprint density at radius 2 is 1.86 bits per heavy atom. The van der Waals surface area contributed by atoms with Gasteiger partial charge in [0.2, 0.25) is 0 Å². The highest BCUT2D eigenvalue weighted by Crippen LogP contribution is 2.13. The first kappa shape index (κ1) is 17.5. The van der Waals surface area contributed by atoms with Crippen LogP contribution in [0.4, 0.5) is 0 Å². The number of ether oxygens (including phenoxy) is 1. The van der Waals surface area contributed by atoms with Crippen LogP contribution >= 0.6 is 0 Å². The van der Waals surface area contributed by atoms with Gasteiger partial charge in [-0.25, -0.2) is 0 Å². The van der Waals surface area contributed by atoms with Gasteiger partial charge in [0.25, 0.3) is 5.91 Å². The van der Waals surface area contributed by atoms with E-state index in [-0.39, 0.29) is 11.9 Å². The number of nitrogens with one attached hydrogen (secondary N) is 1. The first-order chi connectivity index (χ1) is 10.2. The highest BCUT2D eigenvalue weighted by Gasteiger charge is 2.19. The van der Waals surface area contributed by atoms with Gasteiger partial charge in [0.15, 0.2) is 6.10 Å². The van der Waals surface area contributed by atoms with E-state index in [1.54, 1.807) is 0 Å². The molecule has 0 spiro atoms. The molecule has 118 valence electrons. The molecule has 0 aliphatic carbocycles. The summed E-state index contributed by atoms with van der Waals surface area (Å²) in [5.74, 6) is 0.736. The van der Waals surface area contributed by atoms with Crippen molar-refractivity contribution in [3.63, 3.8) is 0 Å². The van der Waals surface area contributed by atoms with Crippen molar-refractivity contribution in [2.75, 3.05) is 0 Å². The van der Waals surface area contributed by atoms with Crippen molar-refractivity contribution >= 4 is 5.91 Å². The van der Waals surface area contributed by atoms with E-state index in [9.17, 15) is 4.79 Å². The fraction of sp³-hybridized carbons (Fsp3) is 0.611. The molecule has 0 fully saturated rings. The maximum absolute atomic E-state index is 12.2. The summed E-state index contributed by atoms with van der Waals surface area (Å²) in [4.78, 5) is 12.2. The smallest absolute Gasteiger partial charge is 0.261 e. The van der Waals surface area contributed by atoms with Gasteiger partial charge in [0, 0.05) is 6.04 Å². The first-order valence-electron chi connectivity index (χ1n) is 8.19. The van der Waals surface area contributed by atoms with Crippen molar-refractivity contribution in [2.45, 2.75) is 71.4 Å². The van der Waals surface area contributed by atoms with Crippen LogP contribution in [0.1, 0.15) is 59.3 Å². The summed E-state index contributed by atoms with van der Waals surface area (Å²) < 4.78 is 5.76. The lowest BCUT2D eigenvalue weighted by molar-refractivity contribution is -0.128. The van der Waals surface area contributed by atoms with Gasteiger partial charge in [-0.1, -0.05) is 57.7 Å². The molecule has 2 atom stereocenters. The predicted octanol–water partition coefficient (Wildman–Crippen LogP) is 4.32. The molecule has 0 aliphatic heterocycles. The van der Waals surface area contributed by atoms with E-state index in [0.717, 1.165) is 12.2 Å². The Kier molecular flexibility index (Phi) is 8.56. The van der Waals surface area contributed by atoms with Crippen LogP contribution in [-0.4, -0.2) is 18.1 Å². The minimum absolute atomic E-state index is 0.00987. The maximum Gasteiger partial charge on any atom is 0.261 e. The molecule has 0 heterocycles. The molecule has 0 radical (unpaired) electrons. The Morgan fingerprint density at radius 1 is 1.14 bits per heavy atom. The topological polar surface area (TPSA) is 38.3 Å². The quantitative estimate of drug-likeness (QED) is 0.652. The third-order valence-electron chi connectivity index (χ3n) is 3.56. The molecule has 1 N–H and O–H groups in total. The average Bonchev–Trinajstić information content (AvgIpc) is 2.50. The second-order valence-electron chi connectivity index (χ2n) is 5.59. The summed E-state index contributed by atoms with van der Waals surface area (Å²) >= 11 is 0. The van der Waals surface area contributed by atoms with Crippen LogP contribution in [0.15, 0.2) is 30.3 Å². The number of unbranched alkanes of at least 4 members (excludes halogenated alkanes) is 3. The Hall–Kier alpha value is -1.51. The fourth-order valence-corrected chi connectivity index (χ4v) is 2.27. The third-order valence-corrected chi connectivity index (χ3v) is 3.56. The van der Waals surface area contributed by atoms with E-state index in [0.29, 0.717) is 6.42 Å². The minimum Gasteiger partial charge on any atom is -0.481 e. The molecular formula is C18H29NO2. The van der Waals surface area contributed by atoms with Gasteiger partial charge in [0.05, 0.1) is 0 Å². The van der Waals surface area contributed by atoms with E-state index >= 15 is 0 Å². The molecular weight excluding hydrogens is 262 g/mol. The summed E-state index contributed by atoms with van der Waals surface area (Å²) in [6.07, 6.45) is 6.22.